The summed E-state index contributed by atoms with van der Waals surface area (Å²) in [5, 5.41) is 0.519. The van der Waals surface area contributed by atoms with Crippen molar-refractivity contribution in [2.45, 2.75) is 19.4 Å². The van der Waals surface area contributed by atoms with Crippen molar-refractivity contribution in [3.05, 3.63) is 65.2 Å². The predicted molar refractivity (Wildman–Crippen MR) is 106 cm³/mol. The summed E-state index contributed by atoms with van der Waals surface area (Å²) < 4.78 is 5.33. The van der Waals surface area contributed by atoms with Crippen molar-refractivity contribution < 1.29 is 14.3 Å². The van der Waals surface area contributed by atoms with Gasteiger partial charge in [-0.2, -0.15) is 0 Å². The first kappa shape index (κ1) is 19.2. The van der Waals surface area contributed by atoms with Crippen LogP contribution >= 0.6 is 11.6 Å². The van der Waals surface area contributed by atoms with Gasteiger partial charge in [-0.05, 0) is 30.7 Å². The van der Waals surface area contributed by atoms with Crippen molar-refractivity contribution in [1.29, 1.82) is 0 Å². The van der Waals surface area contributed by atoms with E-state index in [1.54, 1.807) is 30.0 Å². The molecule has 5 nitrogen and oxygen atoms in total. The van der Waals surface area contributed by atoms with Crippen LogP contribution < -0.4 is 4.90 Å². The largest absolute Gasteiger partial charge is 0.452 e. The number of carbonyl (C=O) groups excluding carboxylic acids is 2. The van der Waals surface area contributed by atoms with Crippen molar-refractivity contribution in [1.82, 2.24) is 4.90 Å². The van der Waals surface area contributed by atoms with Gasteiger partial charge in [-0.15, -0.1) is 0 Å². The molecule has 0 aromatic heterocycles. The minimum atomic E-state index is -0.803. The molecule has 1 fully saturated rings. The Morgan fingerprint density at radius 3 is 2.30 bits per heavy atom. The van der Waals surface area contributed by atoms with Crippen LogP contribution in [-0.2, 0) is 20.7 Å². The number of nitrogens with zero attached hydrogens (tertiary/aromatic N) is 2. The third-order valence-electron chi connectivity index (χ3n) is 4.66. The van der Waals surface area contributed by atoms with E-state index in [4.69, 9.17) is 16.3 Å². The van der Waals surface area contributed by atoms with Gasteiger partial charge in [0, 0.05) is 36.9 Å². The van der Waals surface area contributed by atoms with E-state index in [9.17, 15) is 9.59 Å². The maximum absolute atomic E-state index is 12.6. The standard InChI is InChI=1S/C21H23ClN2O3/c1-16(27-20(25)15-17-7-5-6-10-19(17)22)21(26)24-13-11-23(12-14-24)18-8-3-2-4-9-18/h2-10,16H,11-15H2,1H3/t16-/m0/s1. The minimum Gasteiger partial charge on any atom is -0.452 e. The lowest BCUT2D eigenvalue weighted by Crippen LogP contribution is -2.51. The molecule has 1 amide bonds. The molecule has 1 saturated heterocycles. The van der Waals surface area contributed by atoms with E-state index in [-0.39, 0.29) is 12.3 Å². The van der Waals surface area contributed by atoms with E-state index >= 15 is 0 Å². The molecule has 1 atom stereocenters. The number of para-hydroxylation sites is 1. The number of benzene rings is 2. The van der Waals surface area contributed by atoms with Crippen LogP contribution in [0, 0.1) is 0 Å². The molecule has 0 aliphatic carbocycles. The number of carbonyl (C=O) groups is 2. The molecule has 2 aromatic rings. The number of hydrogen-bond acceptors (Lipinski definition) is 4. The molecule has 3 rings (SSSR count). The average molecular weight is 387 g/mol. The lowest BCUT2D eigenvalue weighted by atomic mass is 10.1. The summed E-state index contributed by atoms with van der Waals surface area (Å²) in [6.45, 7) is 4.36. The number of hydrogen-bond donors (Lipinski definition) is 0. The number of esters is 1. The fraction of sp³-hybridized carbons (Fsp3) is 0.333. The highest BCUT2D eigenvalue weighted by Crippen LogP contribution is 2.18. The number of amides is 1. The second-order valence-electron chi connectivity index (χ2n) is 6.55. The number of halogens is 1. The maximum atomic E-state index is 12.6. The fourth-order valence-electron chi connectivity index (χ4n) is 3.17. The summed E-state index contributed by atoms with van der Waals surface area (Å²) in [6.07, 6.45) is -0.748. The molecule has 142 valence electrons. The second-order valence-corrected chi connectivity index (χ2v) is 6.96. The topological polar surface area (TPSA) is 49.9 Å². The monoisotopic (exact) mass is 386 g/mol. The first-order valence-electron chi connectivity index (χ1n) is 9.06. The fourth-order valence-corrected chi connectivity index (χ4v) is 3.37. The van der Waals surface area contributed by atoms with Crippen LogP contribution in [0.2, 0.25) is 5.02 Å². The van der Waals surface area contributed by atoms with E-state index in [2.05, 4.69) is 17.0 Å². The van der Waals surface area contributed by atoms with Crippen molar-refractivity contribution in [3.8, 4) is 0 Å². The Balaban J connectivity index is 1.49. The Hall–Kier alpha value is -2.53. The van der Waals surface area contributed by atoms with Crippen molar-refractivity contribution in [2.24, 2.45) is 0 Å². The van der Waals surface area contributed by atoms with Crippen LogP contribution in [0.25, 0.3) is 0 Å². The molecule has 0 unspecified atom stereocenters. The lowest BCUT2D eigenvalue weighted by molar-refractivity contribution is -0.158. The highest BCUT2D eigenvalue weighted by Gasteiger charge is 2.27. The van der Waals surface area contributed by atoms with Crippen LogP contribution in [0.15, 0.2) is 54.6 Å². The molecule has 2 aromatic carbocycles. The molecular formula is C21H23ClN2O3. The van der Waals surface area contributed by atoms with Crippen LogP contribution in [-0.4, -0.2) is 49.1 Å². The average Bonchev–Trinajstić information content (AvgIpc) is 2.70. The molecule has 0 radical (unpaired) electrons. The van der Waals surface area contributed by atoms with E-state index in [1.807, 2.05) is 24.3 Å². The minimum absolute atomic E-state index is 0.0546. The first-order chi connectivity index (χ1) is 13.0. The zero-order valence-electron chi connectivity index (χ0n) is 15.3. The first-order valence-corrected chi connectivity index (χ1v) is 9.44. The predicted octanol–water partition coefficient (Wildman–Crippen LogP) is 3.16. The van der Waals surface area contributed by atoms with Gasteiger partial charge in [-0.3, -0.25) is 9.59 Å². The molecule has 1 heterocycles. The molecule has 27 heavy (non-hydrogen) atoms. The quantitative estimate of drug-likeness (QED) is 0.741. The Bertz CT molecular complexity index is 789. The van der Waals surface area contributed by atoms with Crippen molar-refractivity contribution >= 4 is 29.2 Å². The van der Waals surface area contributed by atoms with Gasteiger partial charge >= 0.3 is 5.97 Å². The Kier molecular flexibility index (Phi) is 6.35. The van der Waals surface area contributed by atoms with Gasteiger partial charge in [0.15, 0.2) is 6.10 Å². The van der Waals surface area contributed by atoms with Gasteiger partial charge in [-0.1, -0.05) is 48.0 Å². The maximum Gasteiger partial charge on any atom is 0.311 e. The molecule has 0 saturated carbocycles. The third-order valence-corrected chi connectivity index (χ3v) is 5.03. The summed E-state index contributed by atoms with van der Waals surface area (Å²) in [5.41, 5.74) is 1.85. The Morgan fingerprint density at radius 2 is 1.63 bits per heavy atom. The summed E-state index contributed by atoms with van der Waals surface area (Å²) in [7, 11) is 0. The van der Waals surface area contributed by atoms with Gasteiger partial charge in [0.25, 0.3) is 5.91 Å². The van der Waals surface area contributed by atoms with E-state index in [0.717, 1.165) is 18.8 Å². The van der Waals surface area contributed by atoms with Gasteiger partial charge in [0.2, 0.25) is 0 Å². The smallest absolute Gasteiger partial charge is 0.311 e. The van der Waals surface area contributed by atoms with E-state index in [0.29, 0.717) is 23.7 Å². The molecule has 0 N–H and O–H groups in total. The zero-order valence-corrected chi connectivity index (χ0v) is 16.1. The number of ether oxygens (including phenoxy) is 1. The van der Waals surface area contributed by atoms with Gasteiger partial charge < -0.3 is 14.5 Å². The van der Waals surface area contributed by atoms with Crippen LogP contribution in [0.3, 0.4) is 0 Å². The molecular weight excluding hydrogens is 364 g/mol. The van der Waals surface area contributed by atoms with Crippen molar-refractivity contribution in [2.75, 3.05) is 31.1 Å². The molecule has 0 spiro atoms. The Labute approximate surface area is 164 Å². The number of anilines is 1. The molecule has 1 aliphatic heterocycles. The number of rotatable bonds is 5. The van der Waals surface area contributed by atoms with Gasteiger partial charge in [0.1, 0.15) is 0 Å². The Morgan fingerprint density at radius 1 is 1.00 bits per heavy atom. The molecule has 0 bridgehead atoms. The van der Waals surface area contributed by atoms with Crippen LogP contribution in [0.1, 0.15) is 12.5 Å². The van der Waals surface area contributed by atoms with E-state index < -0.39 is 12.1 Å². The van der Waals surface area contributed by atoms with Crippen LogP contribution in [0.4, 0.5) is 5.69 Å². The zero-order chi connectivity index (χ0) is 19.2. The third kappa shape index (κ3) is 5.01. The van der Waals surface area contributed by atoms with Crippen molar-refractivity contribution in [3.63, 3.8) is 0 Å². The SMILES string of the molecule is C[C@H](OC(=O)Cc1ccccc1Cl)C(=O)N1CCN(c2ccccc2)CC1. The van der Waals surface area contributed by atoms with Crippen LogP contribution in [0.5, 0.6) is 0 Å². The molecule has 1 aliphatic rings. The highest BCUT2D eigenvalue weighted by atomic mass is 35.5. The summed E-state index contributed by atoms with van der Waals surface area (Å²) in [6, 6.07) is 17.3. The van der Waals surface area contributed by atoms with E-state index in [1.165, 1.54) is 0 Å². The lowest BCUT2D eigenvalue weighted by Gasteiger charge is -2.37. The van der Waals surface area contributed by atoms with Gasteiger partial charge in [-0.25, -0.2) is 0 Å². The van der Waals surface area contributed by atoms with Gasteiger partial charge in [0.05, 0.1) is 6.42 Å². The normalized spacial score (nSPS) is 15.3. The summed E-state index contributed by atoms with van der Waals surface area (Å²) in [5.74, 6) is -0.609. The highest BCUT2D eigenvalue weighted by molar-refractivity contribution is 6.31. The molecule has 6 heteroatoms. The summed E-state index contributed by atoms with van der Waals surface area (Å²) >= 11 is 6.07. The summed E-state index contributed by atoms with van der Waals surface area (Å²) in [4.78, 5) is 28.7. The number of piperazine rings is 1. The second kappa shape index (κ2) is 8.91.